The second kappa shape index (κ2) is 6.37. The van der Waals surface area contributed by atoms with Gasteiger partial charge in [-0.1, -0.05) is 6.42 Å². The monoisotopic (exact) mass is 297 g/mol. The number of benzene rings is 1. The summed E-state index contributed by atoms with van der Waals surface area (Å²) in [5.41, 5.74) is 0.0972. The first-order valence-corrected chi connectivity index (χ1v) is 8.43. The van der Waals surface area contributed by atoms with Crippen molar-refractivity contribution in [3.8, 4) is 0 Å². The number of carboxylic acids is 1. The van der Waals surface area contributed by atoms with Crippen molar-refractivity contribution in [2.24, 2.45) is 0 Å². The molecule has 1 aliphatic rings. The molecule has 1 aliphatic heterocycles. The van der Waals surface area contributed by atoms with Gasteiger partial charge in [-0.05, 0) is 50.2 Å². The fourth-order valence-corrected chi connectivity index (χ4v) is 3.64. The van der Waals surface area contributed by atoms with Crippen molar-refractivity contribution in [2.45, 2.75) is 24.2 Å². The maximum absolute atomic E-state index is 12.2. The molecule has 1 aromatic rings. The number of carboxylic acid groups (broad SMARTS) is 1. The van der Waals surface area contributed by atoms with Crippen molar-refractivity contribution in [1.29, 1.82) is 0 Å². The van der Waals surface area contributed by atoms with E-state index in [-0.39, 0.29) is 16.2 Å². The molecular weight excluding hydrogens is 278 g/mol. The van der Waals surface area contributed by atoms with Gasteiger partial charge in [-0.3, -0.25) is 0 Å². The highest BCUT2D eigenvalue weighted by molar-refractivity contribution is 7.91. The van der Waals surface area contributed by atoms with E-state index in [9.17, 15) is 13.2 Å². The lowest BCUT2D eigenvalue weighted by atomic mass is 10.1. The van der Waals surface area contributed by atoms with Gasteiger partial charge in [0.2, 0.25) is 0 Å². The fraction of sp³-hybridized carbons (Fsp3) is 0.500. The summed E-state index contributed by atoms with van der Waals surface area (Å²) in [6, 6.07) is 5.40. The molecule has 0 aromatic heterocycles. The van der Waals surface area contributed by atoms with Crippen molar-refractivity contribution in [3.05, 3.63) is 29.8 Å². The molecule has 5 nitrogen and oxygen atoms in total. The predicted molar refractivity (Wildman–Crippen MR) is 75.7 cm³/mol. The topological polar surface area (TPSA) is 74.7 Å². The molecule has 0 atom stereocenters. The van der Waals surface area contributed by atoms with E-state index in [1.54, 1.807) is 0 Å². The van der Waals surface area contributed by atoms with Gasteiger partial charge in [0.15, 0.2) is 9.84 Å². The van der Waals surface area contributed by atoms with Gasteiger partial charge in [-0.15, -0.1) is 0 Å². The van der Waals surface area contributed by atoms with E-state index in [4.69, 9.17) is 5.11 Å². The van der Waals surface area contributed by atoms with Gasteiger partial charge in [0.25, 0.3) is 0 Å². The van der Waals surface area contributed by atoms with Gasteiger partial charge in [0.1, 0.15) is 0 Å². The summed E-state index contributed by atoms with van der Waals surface area (Å²) in [6.07, 6.45) is 3.49. The molecule has 110 valence electrons. The molecule has 0 unspecified atom stereocenters. The third-order valence-corrected chi connectivity index (χ3v) is 5.30. The summed E-state index contributed by atoms with van der Waals surface area (Å²) in [4.78, 5) is 13.1. The Bertz CT molecular complexity index is 559. The lowest BCUT2D eigenvalue weighted by Crippen LogP contribution is -2.33. The fourth-order valence-electron chi connectivity index (χ4n) is 2.35. The van der Waals surface area contributed by atoms with Crippen LogP contribution in [-0.2, 0) is 9.84 Å². The van der Waals surface area contributed by atoms with Crippen LogP contribution in [0, 0.1) is 0 Å². The zero-order valence-electron chi connectivity index (χ0n) is 11.3. The Morgan fingerprint density at radius 2 is 1.70 bits per heavy atom. The van der Waals surface area contributed by atoms with Crippen LogP contribution in [-0.4, -0.2) is 49.8 Å². The minimum atomic E-state index is -3.34. The summed E-state index contributed by atoms with van der Waals surface area (Å²) >= 11 is 0. The number of sulfone groups is 1. The molecule has 0 spiro atoms. The molecule has 1 fully saturated rings. The molecule has 0 bridgehead atoms. The normalized spacial score (nSPS) is 17.0. The molecule has 2 rings (SSSR count). The Morgan fingerprint density at radius 1 is 1.10 bits per heavy atom. The molecule has 0 radical (unpaired) electrons. The number of aromatic carboxylic acids is 1. The molecule has 6 heteroatoms. The number of likely N-dealkylation sites (tertiary alicyclic amines) is 1. The number of piperidine rings is 1. The Hall–Kier alpha value is -1.40. The van der Waals surface area contributed by atoms with Gasteiger partial charge < -0.3 is 10.0 Å². The van der Waals surface area contributed by atoms with E-state index in [0.29, 0.717) is 6.54 Å². The summed E-state index contributed by atoms with van der Waals surface area (Å²) < 4.78 is 24.4. The lowest BCUT2D eigenvalue weighted by molar-refractivity contribution is 0.0696. The standard InChI is InChI=1S/C14H19NO4S/c16-14(17)12-4-6-13(7-5-12)20(18,19)11-10-15-8-2-1-3-9-15/h4-7H,1-3,8-11H2,(H,16,17). The molecule has 1 heterocycles. The van der Waals surface area contributed by atoms with E-state index in [2.05, 4.69) is 4.90 Å². The average molecular weight is 297 g/mol. The first-order valence-electron chi connectivity index (χ1n) is 6.77. The van der Waals surface area contributed by atoms with E-state index >= 15 is 0 Å². The summed E-state index contributed by atoms with van der Waals surface area (Å²) in [7, 11) is -3.34. The molecule has 20 heavy (non-hydrogen) atoms. The Kier molecular flexibility index (Phi) is 4.77. The van der Waals surface area contributed by atoms with Crippen LogP contribution < -0.4 is 0 Å². The molecule has 0 aliphatic carbocycles. The molecular formula is C14H19NO4S. The first kappa shape index (κ1) is 15.0. The van der Waals surface area contributed by atoms with Gasteiger partial charge in [-0.25, -0.2) is 13.2 Å². The highest BCUT2D eigenvalue weighted by Gasteiger charge is 2.18. The molecule has 1 N–H and O–H groups in total. The maximum Gasteiger partial charge on any atom is 0.335 e. The average Bonchev–Trinajstić information content (AvgIpc) is 2.46. The number of hydrogen-bond acceptors (Lipinski definition) is 4. The highest BCUT2D eigenvalue weighted by atomic mass is 32.2. The van der Waals surface area contributed by atoms with Crippen molar-refractivity contribution >= 4 is 15.8 Å². The van der Waals surface area contributed by atoms with E-state index in [0.717, 1.165) is 25.9 Å². The van der Waals surface area contributed by atoms with Gasteiger partial charge >= 0.3 is 5.97 Å². The summed E-state index contributed by atoms with van der Waals surface area (Å²) in [5, 5.41) is 8.80. The van der Waals surface area contributed by atoms with Crippen LogP contribution in [0.25, 0.3) is 0 Å². The van der Waals surface area contributed by atoms with Gasteiger partial charge in [0.05, 0.1) is 16.2 Å². The van der Waals surface area contributed by atoms with Crippen molar-refractivity contribution < 1.29 is 18.3 Å². The zero-order chi connectivity index (χ0) is 14.6. The van der Waals surface area contributed by atoms with Crippen LogP contribution in [0.4, 0.5) is 0 Å². The van der Waals surface area contributed by atoms with Crippen molar-refractivity contribution in [2.75, 3.05) is 25.4 Å². The van der Waals surface area contributed by atoms with E-state index < -0.39 is 15.8 Å². The molecule has 0 amide bonds. The molecule has 0 saturated carbocycles. The van der Waals surface area contributed by atoms with Crippen LogP contribution in [0.5, 0.6) is 0 Å². The van der Waals surface area contributed by atoms with Crippen molar-refractivity contribution in [1.82, 2.24) is 4.90 Å². The minimum Gasteiger partial charge on any atom is -0.478 e. The Balaban J connectivity index is 2.00. The van der Waals surface area contributed by atoms with Crippen LogP contribution in [0.2, 0.25) is 0 Å². The highest BCUT2D eigenvalue weighted by Crippen LogP contribution is 2.14. The van der Waals surface area contributed by atoms with Crippen molar-refractivity contribution in [3.63, 3.8) is 0 Å². The zero-order valence-corrected chi connectivity index (χ0v) is 12.1. The quantitative estimate of drug-likeness (QED) is 0.894. The number of hydrogen-bond donors (Lipinski definition) is 1. The largest absolute Gasteiger partial charge is 0.478 e. The molecule has 1 aromatic carbocycles. The van der Waals surface area contributed by atoms with Crippen LogP contribution in [0.15, 0.2) is 29.2 Å². The molecule has 1 saturated heterocycles. The summed E-state index contributed by atoms with van der Waals surface area (Å²) in [6.45, 7) is 2.48. The van der Waals surface area contributed by atoms with Gasteiger partial charge in [0, 0.05) is 6.54 Å². The first-order chi connectivity index (χ1) is 9.49. The third-order valence-electron chi connectivity index (χ3n) is 3.59. The second-order valence-electron chi connectivity index (χ2n) is 5.05. The SMILES string of the molecule is O=C(O)c1ccc(S(=O)(=O)CCN2CCCCC2)cc1. The third kappa shape index (κ3) is 3.80. The Labute approximate surface area is 119 Å². The van der Waals surface area contributed by atoms with Crippen LogP contribution in [0.3, 0.4) is 0 Å². The Morgan fingerprint density at radius 3 is 2.25 bits per heavy atom. The van der Waals surface area contributed by atoms with Crippen LogP contribution in [0.1, 0.15) is 29.6 Å². The predicted octanol–water partition coefficient (Wildman–Crippen LogP) is 1.64. The van der Waals surface area contributed by atoms with E-state index in [1.165, 1.54) is 30.7 Å². The number of carbonyl (C=O) groups is 1. The minimum absolute atomic E-state index is 0.0828. The number of rotatable bonds is 5. The number of nitrogens with zero attached hydrogens (tertiary/aromatic N) is 1. The van der Waals surface area contributed by atoms with Gasteiger partial charge in [-0.2, -0.15) is 0 Å². The van der Waals surface area contributed by atoms with E-state index in [1.807, 2.05) is 0 Å². The maximum atomic E-state index is 12.2. The second-order valence-corrected chi connectivity index (χ2v) is 7.16. The smallest absolute Gasteiger partial charge is 0.335 e. The summed E-state index contributed by atoms with van der Waals surface area (Å²) in [5.74, 6) is -0.971. The lowest BCUT2D eigenvalue weighted by Gasteiger charge is -2.26. The van der Waals surface area contributed by atoms with Crippen LogP contribution >= 0.6 is 0 Å².